The lowest BCUT2D eigenvalue weighted by atomic mass is 10.1. The largest absolute Gasteiger partial charge is 0.457 e. The summed E-state index contributed by atoms with van der Waals surface area (Å²) in [5.74, 6) is 0.555. The van der Waals surface area contributed by atoms with Gasteiger partial charge in [0, 0.05) is 16.3 Å². The highest BCUT2D eigenvalue weighted by Crippen LogP contribution is 2.34. The number of halogens is 1. The maximum Gasteiger partial charge on any atom is 0.281 e. The SMILES string of the molecule is O=C1c2ccccc2N[C@H](c2ccc(-c3cccc(Cl)c3)o2)N1O. The fourth-order valence-corrected chi connectivity index (χ4v) is 2.92. The van der Waals surface area contributed by atoms with Crippen LogP contribution in [0, 0.1) is 0 Å². The van der Waals surface area contributed by atoms with E-state index in [1.54, 1.807) is 42.5 Å². The molecule has 1 atom stereocenters. The normalized spacial score (nSPS) is 16.7. The number of nitrogens with zero attached hydrogens (tertiary/aromatic N) is 1. The molecule has 0 fully saturated rings. The molecule has 0 aliphatic carbocycles. The quantitative estimate of drug-likeness (QED) is 0.671. The molecule has 2 aromatic carbocycles. The number of anilines is 1. The van der Waals surface area contributed by atoms with E-state index in [-0.39, 0.29) is 0 Å². The Bertz CT molecular complexity index is 922. The van der Waals surface area contributed by atoms with Gasteiger partial charge in [-0.25, -0.2) is 0 Å². The molecule has 1 aromatic heterocycles. The van der Waals surface area contributed by atoms with Crippen LogP contribution < -0.4 is 5.32 Å². The number of carbonyl (C=O) groups is 1. The molecule has 2 N–H and O–H groups in total. The fraction of sp³-hybridized carbons (Fsp3) is 0.0556. The number of hydroxylamine groups is 2. The molecule has 1 aliphatic heterocycles. The number of nitrogens with one attached hydrogen (secondary N) is 1. The number of carbonyl (C=O) groups excluding carboxylic acids is 1. The first-order chi connectivity index (χ1) is 11.6. The Morgan fingerprint density at radius 3 is 2.75 bits per heavy atom. The minimum atomic E-state index is -0.791. The highest BCUT2D eigenvalue weighted by molar-refractivity contribution is 6.30. The molecule has 0 saturated carbocycles. The van der Waals surface area contributed by atoms with Crippen LogP contribution in [0.3, 0.4) is 0 Å². The van der Waals surface area contributed by atoms with E-state index in [1.165, 1.54) is 0 Å². The molecule has 6 heteroatoms. The van der Waals surface area contributed by atoms with Gasteiger partial charge >= 0.3 is 0 Å². The molecule has 120 valence electrons. The van der Waals surface area contributed by atoms with Crippen molar-refractivity contribution in [3.05, 3.63) is 77.0 Å². The first kappa shape index (κ1) is 14.8. The van der Waals surface area contributed by atoms with E-state index in [4.69, 9.17) is 16.0 Å². The second-order valence-corrected chi connectivity index (χ2v) is 5.89. The summed E-state index contributed by atoms with van der Waals surface area (Å²) in [6.45, 7) is 0. The monoisotopic (exact) mass is 340 g/mol. The van der Waals surface area contributed by atoms with Gasteiger partial charge in [0.2, 0.25) is 0 Å². The van der Waals surface area contributed by atoms with E-state index >= 15 is 0 Å². The van der Waals surface area contributed by atoms with Gasteiger partial charge in [0.25, 0.3) is 5.91 Å². The first-order valence-corrected chi connectivity index (χ1v) is 7.75. The van der Waals surface area contributed by atoms with Gasteiger partial charge in [-0.2, -0.15) is 5.06 Å². The van der Waals surface area contributed by atoms with Gasteiger partial charge in [-0.3, -0.25) is 10.0 Å². The van der Waals surface area contributed by atoms with Crippen molar-refractivity contribution < 1.29 is 14.4 Å². The third-order valence-corrected chi connectivity index (χ3v) is 4.14. The molecule has 0 radical (unpaired) electrons. The number of hydrogen-bond acceptors (Lipinski definition) is 4. The van der Waals surface area contributed by atoms with Crippen LogP contribution >= 0.6 is 11.6 Å². The van der Waals surface area contributed by atoms with Crippen LogP contribution in [0.4, 0.5) is 5.69 Å². The summed E-state index contributed by atoms with van der Waals surface area (Å²) in [5.41, 5.74) is 1.89. The summed E-state index contributed by atoms with van der Waals surface area (Å²) in [7, 11) is 0. The summed E-state index contributed by atoms with van der Waals surface area (Å²) >= 11 is 6.00. The fourth-order valence-electron chi connectivity index (χ4n) is 2.73. The van der Waals surface area contributed by atoms with Gasteiger partial charge in [-0.05, 0) is 36.4 Å². The number of benzene rings is 2. The van der Waals surface area contributed by atoms with Crippen molar-refractivity contribution in [2.24, 2.45) is 0 Å². The minimum absolute atomic E-state index is 0.415. The number of rotatable bonds is 2. The lowest BCUT2D eigenvalue weighted by Crippen LogP contribution is -2.40. The zero-order valence-corrected chi connectivity index (χ0v) is 13.2. The van der Waals surface area contributed by atoms with E-state index < -0.39 is 12.1 Å². The molecular formula is C18H13ClN2O3. The smallest absolute Gasteiger partial charge is 0.281 e. The highest BCUT2D eigenvalue weighted by atomic mass is 35.5. The predicted molar refractivity (Wildman–Crippen MR) is 89.9 cm³/mol. The lowest BCUT2D eigenvalue weighted by molar-refractivity contribution is -0.0893. The summed E-state index contributed by atoms with van der Waals surface area (Å²) in [6.07, 6.45) is -0.791. The number of furan rings is 1. The van der Waals surface area contributed by atoms with E-state index in [1.807, 2.05) is 18.2 Å². The Balaban J connectivity index is 1.69. The van der Waals surface area contributed by atoms with Crippen LogP contribution in [0.2, 0.25) is 5.02 Å². The van der Waals surface area contributed by atoms with Crippen molar-refractivity contribution in [2.45, 2.75) is 6.17 Å². The minimum Gasteiger partial charge on any atom is -0.457 e. The van der Waals surface area contributed by atoms with Gasteiger partial charge < -0.3 is 9.73 Å². The van der Waals surface area contributed by atoms with Crippen LogP contribution in [0.15, 0.2) is 65.1 Å². The number of fused-ring (bicyclic) bond motifs is 1. The van der Waals surface area contributed by atoms with E-state index in [9.17, 15) is 10.0 Å². The third kappa shape index (κ3) is 2.44. The summed E-state index contributed by atoms with van der Waals surface area (Å²) in [5, 5.41) is 14.6. The third-order valence-electron chi connectivity index (χ3n) is 3.91. The average Bonchev–Trinajstić information content (AvgIpc) is 3.08. The van der Waals surface area contributed by atoms with E-state index in [2.05, 4.69) is 5.32 Å². The van der Waals surface area contributed by atoms with Crippen molar-refractivity contribution >= 4 is 23.2 Å². The average molecular weight is 341 g/mol. The molecule has 1 aliphatic rings. The zero-order valence-electron chi connectivity index (χ0n) is 12.4. The second-order valence-electron chi connectivity index (χ2n) is 5.45. The van der Waals surface area contributed by atoms with Gasteiger partial charge in [0.15, 0.2) is 6.17 Å². The summed E-state index contributed by atoms with van der Waals surface area (Å²) in [4.78, 5) is 12.3. The molecule has 0 unspecified atom stereocenters. The van der Waals surface area contributed by atoms with Gasteiger partial charge in [0.1, 0.15) is 11.5 Å². The molecule has 2 heterocycles. The zero-order chi connectivity index (χ0) is 16.7. The Morgan fingerprint density at radius 2 is 1.92 bits per heavy atom. The summed E-state index contributed by atoms with van der Waals surface area (Å²) < 4.78 is 5.82. The van der Waals surface area contributed by atoms with Gasteiger partial charge in [-0.15, -0.1) is 0 Å². The Labute approximate surface area is 143 Å². The molecule has 0 spiro atoms. The molecule has 4 rings (SSSR count). The maximum absolute atomic E-state index is 12.3. The standard InChI is InChI=1S/C18H13ClN2O3/c19-12-5-3-4-11(10-12)15-8-9-16(24-15)17-20-14-7-2-1-6-13(14)18(22)21(17)23/h1-10,17,20,23H/t17-/m0/s1. The molecular weight excluding hydrogens is 328 g/mol. The second kappa shape index (κ2) is 5.70. The Morgan fingerprint density at radius 1 is 1.08 bits per heavy atom. The van der Waals surface area contributed by atoms with Crippen LogP contribution in [-0.4, -0.2) is 16.2 Å². The van der Waals surface area contributed by atoms with E-state index in [0.717, 1.165) is 5.56 Å². The maximum atomic E-state index is 12.3. The van der Waals surface area contributed by atoms with Crippen LogP contribution in [0.25, 0.3) is 11.3 Å². The van der Waals surface area contributed by atoms with E-state index in [0.29, 0.717) is 32.9 Å². The highest BCUT2D eigenvalue weighted by Gasteiger charge is 2.33. The number of hydrogen-bond donors (Lipinski definition) is 2. The molecule has 0 saturated heterocycles. The van der Waals surface area contributed by atoms with Crippen LogP contribution in [0.1, 0.15) is 22.3 Å². The topological polar surface area (TPSA) is 65.7 Å². The molecule has 0 bridgehead atoms. The summed E-state index contributed by atoms with van der Waals surface area (Å²) in [6, 6.07) is 17.8. The molecule has 1 amide bonds. The number of para-hydroxylation sites is 1. The van der Waals surface area contributed by atoms with Crippen molar-refractivity contribution in [2.75, 3.05) is 5.32 Å². The predicted octanol–water partition coefficient (Wildman–Crippen LogP) is 4.56. The van der Waals surface area contributed by atoms with Crippen LogP contribution in [-0.2, 0) is 0 Å². The Hall–Kier alpha value is -2.76. The number of amides is 1. The molecule has 3 aromatic rings. The Kier molecular flexibility index (Phi) is 3.52. The van der Waals surface area contributed by atoms with Gasteiger partial charge in [0.05, 0.1) is 5.56 Å². The van der Waals surface area contributed by atoms with Gasteiger partial charge in [-0.1, -0.05) is 35.9 Å². The molecule has 5 nitrogen and oxygen atoms in total. The van der Waals surface area contributed by atoms with Crippen molar-refractivity contribution in [3.8, 4) is 11.3 Å². The lowest BCUT2D eigenvalue weighted by Gasteiger charge is -2.31. The first-order valence-electron chi connectivity index (χ1n) is 7.37. The van der Waals surface area contributed by atoms with Crippen molar-refractivity contribution in [1.29, 1.82) is 0 Å². The van der Waals surface area contributed by atoms with Crippen molar-refractivity contribution in [3.63, 3.8) is 0 Å². The molecule has 24 heavy (non-hydrogen) atoms. The van der Waals surface area contributed by atoms with Crippen LogP contribution in [0.5, 0.6) is 0 Å². The van der Waals surface area contributed by atoms with Crippen molar-refractivity contribution in [1.82, 2.24) is 5.06 Å².